The van der Waals surface area contributed by atoms with Crippen molar-refractivity contribution >= 4 is 12.0 Å². The van der Waals surface area contributed by atoms with Crippen molar-refractivity contribution in [3.05, 3.63) is 12.2 Å². The van der Waals surface area contributed by atoms with Crippen LogP contribution in [0.5, 0.6) is 0 Å². The Morgan fingerprint density at radius 3 is 2.17 bits per heavy atom. The van der Waals surface area contributed by atoms with E-state index >= 15 is 0 Å². The molecule has 0 heterocycles. The highest BCUT2D eigenvalue weighted by atomic mass is 16.4. The van der Waals surface area contributed by atoms with Crippen LogP contribution in [0.3, 0.4) is 0 Å². The fraction of sp³-hybridized carbons (Fsp3) is 0.500. The minimum absolute atomic E-state index is 0.328. The minimum Gasteiger partial charge on any atom is -0.465 e. The number of carbonyl (C=O) groups is 2. The van der Waals surface area contributed by atoms with Crippen molar-refractivity contribution < 1.29 is 14.7 Å². The van der Waals surface area contributed by atoms with E-state index in [9.17, 15) is 9.59 Å². The molecule has 0 rings (SSSR count). The van der Waals surface area contributed by atoms with Gasteiger partial charge in [0.1, 0.15) is 0 Å². The molecule has 0 aliphatic rings. The van der Waals surface area contributed by atoms with Crippen molar-refractivity contribution in [1.82, 2.24) is 4.90 Å². The molecule has 0 spiro atoms. The van der Waals surface area contributed by atoms with Gasteiger partial charge in [-0.05, 0) is 26.8 Å². The summed E-state index contributed by atoms with van der Waals surface area (Å²) >= 11 is 0. The molecule has 1 N–H and O–H groups in total. The Balaban J connectivity index is 4.52. The summed E-state index contributed by atoms with van der Waals surface area (Å²) in [6, 6.07) is -0.328. The first kappa shape index (κ1) is 10.7. The molecule has 0 aromatic heterocycles. The van der Waals surface area contributed by atoms with Gasteiger partial charge in [0, 0.05) is 6.04 Å². The Hall–Kier alpha value is -1.32. The Morgan fingerprint density at radius 1 is 1.42 bits per heavy atom. The summed E-state index contributed by atoms with van der Waals surface area (Å²) in [5, 5.41) is 8.61. The average molecular weight is 171 g/mol. The Morgan fingerprint density at radius 2 is 1.92 bits per heavy atom. The Labute approximate surface area is 71.5 Å². The molecule has 0 atom stereocenters. The molecule has 0 aromatic rings. The predicted octanol–water partition coefficient (Wildman–Crippen LogP) is 1.48. The van der Waals surface area contributed by atoms with Gasteiger partial charge >= 0.3 is 6.09 Å². The van der Waals surface area contributed by atoms with Gasteiger partial charge in [0.25, 0.3) is 5.91 Å². The number of hydrogen-bond acceptors (Lipinski definition) is 2. The summed E-state index contributed by atoms with van der Waals surface area (Å²) in [7, 11) is 0. The van der Waals surface area contributed by atoms with E-state index in [0.29, 0.717) is 0 Å². The summed E-state index contributed by atoms with van der Waals surface area (Å²) in [6.45, 7) is 4.96. The molecule has 0 aromatic carbocycles. The number of carboxylic acid groups (broad SMARTS) is 1. The second-order valence-corrected chi connectivity index (χ2v) is 2.58. The van der Waals surface area contributed by atoms with Gasteiger partial charge in [0.2, 0.25) is 0 Å². The van der Waals surface area contributed by atoms with E-state index in [0.717, 1.165) is 4.90 Å². The number of allylic oxidation sites excluding steroid dienone is 1. The quantitative estimate of drug-likeness (QED) is 0.640. The zero-order valence-corrected chi connectivity index (χ0v) is 7.44. The molecule has 0 saturated heterocycles. The van der Waals surface area contributed by atoms with E-state index in [2.05, 4.69) is 0 Å². The van der Waals surface area contributed by atoms with Crippen LogP contribution in [-0.4, -0.2) is 28.0 Å². The zero-order valence-electron chi connectivity index (χ0n) is 7.44. The highest BCUT2D eigenvalue weighted by molar-refractivity contribution is 5.98. The topological polar surface area (TPSA) is 57.6 Å². The maximum atomic E-state index is 11.1. The first-order valence-electron chi connectivity index (χ1n) is 3.69. The van der Waals surface area contributed by atoms with Crippen LogP contribution in [0.4, 0.5) is 4.79 Å². The third-order valence-electron chi connectivity index (χ3n) is 1.27. The van der Waals surface area contributed by atoms with Crippen LogP contribution in [0, 0.1) is 0 Å². The van der Waals surface area contributed by atoms with Crippen molar-refractivity contribution in [2.24, 2.45) is 0 Å². The predicted molar refractivity (Wildman–Crippen MR) is 44.8 cm³/mol. The van der Waals surface area contributed by atoms with Crippen LogP contribution in [0.2, 0.25) is 0 Å². The first-order valence-corrected chi connectivity index (χ1v) is 3.69. The maximum absolute atomic E-state index is 11.1. The molecule has 0 aliphatic heterocycles. The lowest BCUT2D eigenvalue weighted by Crippen LogP contribution is -2.39. The smallest absolute Gasteiger partial charge is 0.414 e. The van der Waals surface area contributed by atoms with Gasteiger partial charge in [-0.3, -0.25) is 4.79 Å². The van der Waals surface area contributed by atoms with Gasteiger partial charge < -0.3 is 5.11 Å². The summed E-state index contributed by atoms with van der Waals surface area (Å²) < 4.78 is 0. The molecule has 68 valence electrons. The molecule has 0 unspecified atom stereocenters. The lowest BCUT2D eigenvalue weighted by atomic mass is 10.3. The number of hydrogen-bond donors (Lipinski definition) is 1. The number of nitrogens with zero attached hydrogens (tertiary/aromatic N) is 1. The van der Waals surface area contributed by atoms with Gasteiger partial charge in [0.05, 0.1) is 0 Å². The van der Waals surface area contributed by atoms with E-state index in [-0.39, 0.29) is 6.04 Å². The molecule has 4 nitrogen and oxygen atoms in total. The molecular weight excluding hydrogens is 158 g/mol. The van der Waals surface area contributed by atoms with Gasteiger partial charge in [-0.25, -0.2) is 9.69 Å². The number of amides is 2. The van der Waals surface area contributed by atoms with Crippen molar-refractivity contribution in [3.8, 4) is 0 Å². The third-order valence-corrected chi connectivity index (χ3v) is 1.27. The van der Waals surface area contributed by atoms with Gasteiger partial charge in [-0.2, -0.15) is 0 Å². The molecule has 12 heavy (non-hydrogen) atoms. The molecule has 0 fully saturated rings. The molecule has 0 bridgehead atoms. The monoisotopic (exact) mass is 171 g/mol. The molecule has 0 saturated carbocycles. The van der Waals surface area contributed by atoms with Crippen molar-refractivity contribution in [2.75, 3.05) is 0 Å². The second-order valence-electron chi connectivity index (χ2n) is 2.58. The largest absolute Gasteiger partial charge is 0.465 e. The van der Waals surface area contributed by atoms with E-state index in [1.54, 1.807) is 20.8 Å². The van der Waals surface area contributed by atoms with Gasteiger partial charge in [0.15, 0.2) is 0 Å². The van der Waals surface area contributed by atoms with E-state index in [1.165, 1.54) is 12.2 Å². The lowest BCUT2D eigenvalue weighted by molar-refractivity contribution is -0.125. The van der Waals surface area contributed by atoms with Crippen LogP contribution in [0.15, 0.2) is 12.2 Å². The Bertz CT molecular complexity index is 208. The first-order chi connectivity index (χ1) is 5.50. The van der Waals surface area contributed by atoms with Crippen LogP contribution in [-0.2, 0) is 4.79 Å². The van der Waals surface area contributed by atoms with Crippen molar-refractivity contribution in [3.63, 3.8) is 0 Å². The van der Waals surface area contributed by atoms with E-state index in [4.69, 9.17) is 5.11 Å². The molecule has 0 radical (unpaired) electrons. The number of imide groups is 1. The fourth-order valence-electron chi connectivity index (χ4n) is 0.793. The van der Waals surface area contributed by atoms with Crippen LogP contribution in [0.1, 0.15) is 20.8 Å². The number of carbonyl (C=O) groups excluding carboxylic acids is 1. The van der Waals surface area contributed by atoms with Crippen LogP contribution >= 0.6 is 0 Å². The summed E-state index contributed by atoms with van der Waals surface area (Å²) in [5.41, 5.74) is 0. The number of rotatable bonds is 2. The Kier molecular flexibility index (Phi) is 4.04. The fourth-order valence-corrected chi connectivity index (χ4v) is 0.793. The average Bonchev–Trinajstić information content (AvgIpc) is 1.85. The molecule has 2 amide bonds. The van der Waals surface area contributed by atoms with E-state index in [1.807, 2.05) is 0 Å². The highest BCUT2D eigenvalue weighted by Crippen LogP contribution is 2.00. The van der Waals surface area contributed by atoms with E-state index < -0.39 is 12.0 Å². The summed E-state index contributed by atoms with van der Waals surface area (Å²) in [5.74, 6) is -0.500. The van der Waals surface area contributed by atoms with Crippen LogP contribution in [0.25, 0.3) is 0 Å². The molecular formula is C8H13NO3. The standard InChI is InChI=1S/C8H13NO3/c1-4-5-7(10)9(6(2)3)8(11)12/h4-6H,1-3H3,(H,11,12). The van der Waals surface area contributed by atoms with Crippen molar-refractivity contribution in [2.45, 2.75) is 26.8 Å². The SMILES string of the molecule is CC=CC(=O)N(C(=O)O)C(C)C. The second kappa shape index (κ2) is 4.54. The third kappa shape index (κ3) is 2.74. The summed E-state index contributed by atoms with van der Waals surface area (Å²) in [6.07, 6.45) is 1.53. The van der Waals surface area contributed by atoms with Crippen molar-refractivity contribution in [1.29, 1.82) is 0 Å². The summed E-state index contributed by atoms with van der Waals surface area (Å²) in [4.78, 5) is 22.4. The lowest BCUT2D eigenvalue weighted by Gasteiger charge is -2.19. The van der Waals surface area contributed by atoms with Crippen LogP contribution < -0.4 is 0 Å². The molecule has 4 heteroatoms. The zero-order chi connectivity index (χ0) is 9.72. The minimum atomic E-state index is -1.21. The molecule has 0 aliphatic carbocycles. The normalized spacial score (nSPS) is 10.7. The van der Waals surface area contributed by atoms with Gasteiger partial charge in [-0.15, -0.1) is 0 Å². The maximum Gasteiger partial charge on any atom is 0.414 e. The van der Waals surface area contributed by atoms with Gasteiger partial charge in [-0.1, -0.05) is 6.08 Å². The highest BCUT2D eigenvalue weighted by Gasteiger charge is 2.20.